The first-order valence-electron chi connectivity index (χ1n) is 6.97. The van der Waals surface area contributed by atoms with Crippen LogP contribution in [0.2, 0.25) is 0 Å². The van der Waals surface area contributed by atoms with Gasteiger partial charge in [-0.05, 0) is 30.0 Å². The average molecular weight is 249 g/mol. The number of benzene rings is 1. The molecule has 1 N–H and O–H groups in total. The van der Waals surface area contributed by atoms with Gasteiger partial charge in [0.25, 0.3) is 0 Å². The molecule has 0 amide bonds. The van der Waals surface area contributed by atoms with Gasteiger partial charge in [0.15, 0.2) is 0 Å². The van der Waals surface area contributed by atoms with E-state index in [1.54, 1.807) is 0 Å². The van der Waals surface area contributed by atoms with Crippen LogP contribution in [0.15, 0.2) is 24.3 Å². The lowest BCUT2D eigenvalue weighted by molar-refractivity contribution is 0.0966. The van der Waals surface area contributed by atoms with Gasteiger partial charge in [-0.3, -0.25) is 0 Å². The maximum Gasteiger partial charge on any atom is 0.0719 e. The summed E-state index contributed by atoms with van der Waals surface area (Å²) in [5, 5.41) is 3.45. The van der Waals surface area contributed by atoms with Crippen molar-refractivity contribution >= 4 is 0 Å². The van der Waals surface area contributed by atoms with E-state index < -0.39 is 0 Å². The van der Waals surface area contributed by atoms with Gasteiger partial charge in [0.05, 0.1) is 6.61 Å². The molecule has 0 fully saturated rings. The standard InChI is InChI=1S/C16H27NO/c1-13(2)11-18-12-16-8-6-5-7-15(16)9-10-17-14(3)4/h5-8,13-14,17H,9-12H2,1-4H3. The number of nitrogens with one attached hydrogen (secondary N) is 1. The van der Waals surface area contributed by atoms with Gasteiger partial charge in [-0.25, -0.2) is 0 Å². The molecule has 0 spiro atoms. The third-order valence-electron chi connectivity index (χ3n) is 2.77. The zero-order valence-electron chi connectivity index (χ0n) is 12.2. The Balaban J connectivity index is 2.45. The SMILES string of the molecule is CC(C)COCc1ccccc1CCNC(C)C. The highest BCUT2D eigenvalue weighted by molar-refractivity contribution is 5.26. The number of hydrogen-bond donors (Lipinski definition) is 1. The largest absolute Gasteiger partial charge is 0.376 e. The van der Waals surface area contributed by atoms with E-state index in [0.717, 1.165) is 26.2 Å². The molecule has 0 bridgehead atoms. The third kappa shape index (κ3) is 6.18. The van der Waals surface area contributed by atoms with E-state index in [9.17, 15) is 0 Å². The summed E-state index contributed by atoms with van der Waals surface area (Å²) in [4.78, 5) is 0. The van der Waals surface area contributed by atoms with Crippen molar-refractivity contribution in [3.63, 3.8) is 0 Å². The summed E-state index contributed by atoms with van der Waals surface area (Å²) < 4.78 is 5.73. The predicted molar refractivity (Wildman–Crippen MR) is 77.8 cm³/mol. The number of rotatable bonds is 8. The highest BCUT2D eigenvalue weighted by Crippen LogP contribution is 2.11. The van der Waals surface area contributed by atoms with Crippen molar-refractivity contribution in [1.82, 2.24) is 5.32 Å². The summed E-state index contributed by atoms with van der Waals surface area (Å²) in [6.07, 6.45) is 1.07. The minimum Gasteiger partial charge on any atom is -0.376 e. The summed E-state index contributed by atoms with van der Waals surface area (Å²) in [7, 11) is 0. The zero-order chi connectivity index (χ0) is 13.4. The molecule has 0 radical (unpaired) electrons. The van der Waals surface area contributed by atoms with E-state index in [1.165, 1.54) is 11.1 Å². The fourth-order valence-corrected chi connectivity index (χ4v) is 1.84. The summed E-state index contributed by atoms with van der Waals surface area (Å²) >= 11 is 0. The van der Waals surface area contributed by atoms with Crippen LogP contribution < -0.4 is 5.32 Å². The van der Waals surface area contributed by atoms with E-state index in [2.05, 4.69) is 57.3 Å². The molecule has 0 heterocycles. The molecule has 0 aliphatic heterocycles. The van der Waals surface area contributed by atoms with Crippen LogP contribution in [0.1, 0.15) is 38.8 Å². The van der Waals surface area contributed by atoms with Crippen molar-refractivity contribution in [2.45, 2.75) is 46.8 Å². The van der Waals surface area contributed by atoms with E-state index in [0.29, 0.717) is 12.0 Å². The number of hydrogen-bond acceptors (Lipinski definition) is 2. The van der Waals surface area contributed by atoms with Crippen LogP contribution in [-0.2, 0) is 17.8 Å². The molecular weight excluding hydrogens is 222 g/mol. The fourth-order valence-electron chi connectivity index (χ4n) is 1.84. The Hall–Kier alpha value is -0.860. The first-order chi connectivity index (χ1) is 8.59. The highest BCUT2D eigenvalue weighted by Gasteiger charge is 2.03. The van der Waals surface area contributed by atoms with Crippen LogP contribution in [0.5, 0.6) is 0 Å². The van der Waals surface area contributed by atoms with E-state index in [-0.39, 0.29) is 0 Å². The predicted octanol–water partition coefficient (Wildman–Crippen LogP) is 3.40. The summed E-state index contributed by atoms with van der Waals surface area (Å²) in [6.45, 7) is 11.3. The molecule has 0 saturated heterocycles. The van der Waals surface area contributed by atoms with Gasteiger partial charge in [-0.2, -0.15) is 0 Å². The first kappa shape index (κ1) is 15.2. The Labute approximate surface area is 112 Å². The average Bonchev–Trinajstić information content (AvgIpc) is 2.30. The Morgan fingerprint density at radius 2 is 1.72 bits per heavy atom. The molecule has 0 aromatic heterocycles. The minimum atomic E-state index is 0.550. The van der Waals surface area contributed by atoms with Gasteiger partial charge in [0.2, 0.25) is 0 Å². The molecular formula is C16H27NO. The van der Waals surface area contributed by atoms with E-state index in [1.807, 2.05) is 0 Å². The van der Waals surface area contributed by atoms with E-state index in [4.69, 9.17) is 4.74 Å². The number of ether oxygens (including phenoxy) is 1. The molecule has 2 nitrogen and oxygen atoms in total. The normalized spacial score (nSPS) is 11.4. The van der Waals surface area contributed by atoms with Crippen molar-refractivity contribution in [3.05, 3.63) is 35.4 Å². The first-order valence-corrected chi connectivity index (χ1v) is 6.97. The van der Waals surface area contributed by atoms with Crippen molar-refractivity contribution in [2.75, 3.05) is 13.2 Å². The second kappa shape index (κ2) is 8.28. The highest BCUT2D eigenvalue weighted by atomic mass is 16.5. The Bertz CT molecular complexity index is 301. The van der Waals surface area contributed by atoms with Crippen LogP contribution in [-0.4, -0.2) is 19.2 Å². The van der Waals surface area contributed by atoms with Crippen LogP contribution >= 0.6 is 0 Å². The van der Waals surface area contributed by atoms with Crippen molar-refractivity contribution in [3.8, 4) is 0 Å². The van der Waals surface area contributed by atoms with Gasteiger partial charge in [-0.1, -0.05) is 52.0 Å². The van der Waals surface area contributed by atoms with Crippen molar-refractivity contribution in [2.24, 2.45) is 5.92 Å². The Morgan fingerprint density at radius 1 is 1.06 bits per heavy atom. The van der Waals surface area contributed by atoms with Gasteiger partial charge in [-0.15, -0.1) is 0 Å². The van der Waals surface area contributed by atoms with Crippen LogP contribution in [0.3, 0.4) is 0 Å². The fraction of sp³-hybridized carbons (Fsp3) is 0.625. The van der Waals surface area contributed by atoms with Gasteiger partial charge >= 0.3 is 0 Å². The molecule has 0 unspecified atom stereocenters. The molecule has 0 saturated carbocycles. The van der Waals surface area contributed by atoms with Crippen LogP contribution in [0.25, 0.3) is 0 Å². The van der Waals surface area contributed by atoms with Crippen molar-refractivity contribution in [1.29, 1.82) is 0 Å². The molecule has 0 aliphatic rings. The molecule has 2 heteroatoms. The zero-order valence-corrected chi connectivity index (χ0v) is 12.2. The second-order valence-corrected chi connectivity index (χ2v) is 5.54. The molecule has 0 atom stereocenters. The van der Waals surface area contributed by atoms with Gasteiger partial charge in [0.1, 0.15) is 0 Å². The van der Waals surface area contributed by atoms with Crippen LogP contribution in [0, 0.1) is 5.92 Å². The Kier molecular flexibility index (Phi) is 6.99. The Morgan fingerprint density at radius 3 is 2.33 bits per heavy atom. The molecule has 1 aromatic carbocycles. The molecule has 18 heavy (non-hydrogen) atoms. The summed E-state index contributed by atoms with van der Waals surface area (Å²) in [6, 6.07) is 9.12. The topological polar surface area (TPSA) is 21.3 Å². The lowest BCUT2D eigenvalue weighted by atomic mass is 10.1. The molecule has 102 valence electrons. The van der Waals surface area contributed by atoms with Crippen molar-refractivity contribution < 1.29 is 4.74 Å². The third-order valence-corrected chi connectivity index (χ3v) is 2.77. The lowest BCUT2D eigenvalue weighted by Gasteiger charge is -2.13. The quantitative estimate of drug-likeness (QED) is 0.762. The second-order valence-electron chi connectivity index (χ2n) is 5.54. The summed E-state index contributed by atoms with van der Waals surface area (Å²) in [5.74, 6) is 0.597. The van der Waals surface area contributed by atoms with Gasteiger partial charge < -0.3 is 10.1 Å². The monoisotopic (exact) mass is 249 g/mol. The summed E-state index contributed by atoms with van der Waals surface area (Å²) in [5.41, 5.74) is 2.72. The maximum absolute atomic E-state index is 5.73. The molecule has 1 aromatic rings. The lowest BCUT2D eigenvalue weighted by Crippen LogP contribution is -2.25. The smallest absolute Gasteiger partial charge is 0.0719 e. The molecule has 1 rings (SSSR count). The van der Waals surface area contributed by atoms with Crippen LogP contribution in [0.4, 0.5) is 0 Å². The van der Waals surface area contributed by atoms with E-state index >= 15 is 0 Å². The van der Waals surface area contributed by atoms with Gasteiger partial charge in [0, 0.05) is 12.6 Å². The molecule has 0 aliphatic carbocycles. The maximum atomic E-state index is 5.73. The minimum absolute atomic E-state index is 0.550.